The SMILES string of the molecule is O=C(CSc1cccc(NC(=O)/C(=C/c2ccco2)NC(=O)c2ccccc2)c1)Nc1ccc(Cl)cn1. The number of pyridine rings is 1. The van der Waals surface area contributed by atoms with Gasteiger partial charge in [0.05, 0.1) is 17.0 Å². The number of nitrogens with zero attached hydrogens (tertiary/aromatic N) is 1. The van der Waals surface area contributed by atoms with E-state index in [9.17, 15) is 14.4 Å². The van der Waals surface area contributed by atoms with Gasteiger partial charge in [-0.2, -0.15) is 0 Å². The summed E-state index contributed by atoms with van der Waals surface area (Å²) in [6.07, 6.45) is 4.37. The summed E-state index contributed by atoms with van der Waals surface area (Å²) in [5.74, 6) is -0.248. The fourth-order valence-corrected chi connectivity index (χ4v) is 3.96. The topological polar surface area (TPSA) is 113 Å². The number of carbonyl (C=O) groups excluding carboxylic acids is 3. The quantitative estimate of drug-likeness (QED) is 0.195. The van der Waals surface area contributed by atoms with Gasteiger partial charge in [-0.3, -0.25) is 14.4 Å². The number of nitrogens with one attached hydrogen (secondary N) is 3. The number of aromatic nitrogens is 1. The Morgan fingerprint density at radius 2 is 1.78 bits per heavy atom. The van der Waals surface area contributed by atoms with Crippen LogP contribution in [0.4, 0.5) is 11.5 Å². The van der Waals surface area contributed by atoms with Crippen LogP contribution in [-0.4, -0.2) is 28.5 Å². The molecule has 0 unspecified atom stereocenters. The molecule has 0 fully saturated rings. The predicted molar refractivity (Wildman–Crippen MR) is 144 cm³/mol. The highest BCUT2D eigenvalue weighted by atomic mass is 35.5. The fraction of sp³-hybridized carbons (Fsp3) is 0.0370. The lowest BCUT2D eigenvalue weighted by molar-refractivity contribution is -0.114. The maximum absolute atomic E-state index is 13.1. The number of anilines is 2. The summed E-state index contributed by atoms with van der Waals surface area (Å²) in [5, 5.41) is 8.61. The van der Waals surface area contributed by atoms with Gasteiger partial charge in [-0.25, -0.2) is 4.98 Å². The van der Waals surface area contributed by atoms with E-state index in [1.165, 1.54) is 30.3 Å². The molecule has 2 heterocycles. The third kappa shape index (κ3) is 7.83. The van der Waals surface area contributed by atoms with Crippen molar-refractivity contribution in [2.24, 2.45) is 0 Å². The molecule has 186 valence electrons. The third-order valence-corrected chi connectivity index (χ3v) is 6.03. The zero-order valence-electron chi connectivity index (χ0n) is 19.3. The van der Waals surface area contributed by atoms with Crippen LogP contribution in [-0.2, 0) is 9.59 Å². The molecule has 0 aliphatic rings. The van der Waals surface area contributed by atoms with Crippen LogP contribution in [0.2, 0.25) is 5.02 Å². The lowest BCUT2D eigenvalue weighted by Crippen LogP contribution is -2.30. The van der Waals surface area contributed by atoms with Gasteiger partial charge in [0, 0.05) is 28.4 Å². The smallest absolute Gasteiger partial charge is 0.272 e. The average Bonchev–Trinajstić information content (AvgIpc) is 3.42. The minimum Gasteiger partial charge on any atom is -0.465 e. The number of carbonyl (C=O) groups is 3. The van der Waals surface area contributed by atoms with E-state index in [1.807, 2.05) is 6.07 Å². The summed E-state index contributed by atoms with van der Waals surface area (Å²) in [6.45, 7) is 0. The van der Waals surface area contributed by atoms with E-state index in [-0.39, 0.29) is 17.4 Å². The van der Waals surface area contributed by atoms with Crippen molar-refractivity contribution in [3.8, 4) is 0 Å². The van der Waals surface area contributed by atoms with Crippen molar-refractivity contribution in [2.45, 2.75) is 4.90 Å². The molecule has 2 aromatic carbocycles. The van der Waals surface area contributed by atoms with Crippen LogP contribution in [0.15, 0.2) is 106 Å². The summed E-state index contributed by atoms with van der Waals surface area (Å²) in [7, 11) is 0. The number of benzene rings is 2. The van der Waals surface area contributed by atoms with Gasteiger partial charge >= 0.3 is 0 Å². The van der Waals surface area contributed by atoms with Crippen LogP contribution in [0.25, 0.3) is 6.08 Å². The molecule has 0 bridgehead atoms. The first-order valence-corrected chi connectivity index (χ1v) is 12.4. The van der Waals surface area contributed by atoms with E-state index in [1.54, 1.807) is 72.8 Å². The van der Waals surface area contributed by atoms with E-state index in [4.69, 9.17) is 16.0 Å². The summed E-state index contributed by atoms with van der Waals surface area (Å²) in [6, 6.07) is 22.2. The summed E-state index contributed by atoms with van der Waals surface area (Å²) >= 11 is 7.11. The number of thioether (sulfide) groups is 1. The maximum Gasteiger partial charge on any atom is 0.272 e. The van der Waals surface area contributed by atoms with Gasteiger partial charge in [0.15, 0.2) is 0 Å². The molecule has 37 heavy (non-hydrogen) atoms. The van der Waals surface area contributed by atoms with Gasteiger partial charge in [0.25, 0.3) is 11.8 Å². The summed E-state index contributed by atoms with van der Waals surface area (Å²) < 4.78 is 5.31. The molecule has 0 radical (unpaired) electrons. The van der Waals surface area contributed by atoms with Crippen molar-refractivity contribution < 1.29 is 18.8 Å². The molecule has 10 heteroatoms. The standard InChI is InChI=1S/C27H21ClN4O4S/c28-19-11-12-24(29-16-19)32-25(33)17-37-22-10-4-8-20(14-22)30-27(35)23(15-21-9-5-13-36-21)31-26(34)18-6-2-1-3-7-18/h1-16H,17H2,(H,30,35)(H,31,34)(H,29,32,33)/b23-15-. The van der Waals surface area contributed by atoms with Crippen LogP contribution >= 0.6 is 23.4 Å². The monoisotopic (exact) mass is 532 g/mol. The number of furan rings is 1. The van der Waals surface area contributed by atoms with Crippen LogP contribution in [0.3, 0.4) is 0 Å². The van der Waals surface area contributed by atoms with Gasteiger partial charge in [-0.1, -0.05) is 35.9 Å². The molecular formula is C27H21ClN4O4S. The first kappa shape index (κ1) is 25.7. The first-order valence-electron chi connectivity index (χ1n) is 11.0. The minimum absolute atomic E-state index is 0.0108. The zero-order valence-corrected chi connectivity index (χ0v) is 20.9. The molecule has 4 aromatic rings. The number of hydrogen-bond donors (Lipinski definition) is 3. The average molecular weight is 533 g/mol. The molecule has 0 saturated heterocycles. The number of rotatable bonds is 9. The molecule has 3 N–H and O–H groups in total. The second-order valence-electron chi connectivity index (χ2n) is 7.57. The van der Waals surface area contributed by atoms with Crippen molar-refractivity contribution in [2.75, 3.05) is 16.4 Å². The van der Waals surface area contributed by atoms with Gasteiger partial charge < -0.3 is 20.4 Å². The molecule has 0 spiro atoms. The van der Waals surface area contributed by atoms with Crippen LogP contribution in [0.5, 0.6) is 0 Å². The van der Waals surface area contributed by atoms with Gasteiger partial charge in [-0.15, -0.1) is 11.8 Å². The van der Waals surface area contributed by atoms with E-state index in [0.717, 1.165) is 4.90 Å². The summed E-state index contributed by atoms with van der Waals surface area (Å²) in [4.78, 5) is 42.8. The van der Waals surface area contributed by atoms with Gasteiger partial charge in [0.2, 0.25) is 5.91 Å². The van der Waals surface area contributed by atoms with Crippen molar-refractivity contribution in [1.82, 2.24) is 10.3 Å². The second-order valence-corrected chi connectivity index (χ2v) is 9.06. The molecule has 0 aliphatic heterocycles. The lowest BCUT2D eigenvalue weighted by atomic mass is 10.2. The van der Waals surface area contributed by atoms with Gasteiger partial charge in [-0.05, 0) is 54.6 Å². The van der Waals surface area contributed by atoms with Crippen LogP contribution in [0.1, 0.15) is 16.1 Å². The number of hydrogen-bond acceptors (Lipinski definition) is 6. The molecular weight excluding hydrogens is 512 g/mol. The van der Waals surface area contributed by atoms with Crippen molar-refractivity contribution in [1.29, 1.82) is 0 Å². The fourth-order valence-electron chi connectivity index (χ4n) is 3.10. The summed E-state index contributed by atoms with van der Waals surface area (Å²) in [5.41, 5.74) is 0.914. The Bertz CT molecular complexity index is 1410. The molecule has 4 rings (SSSR count). The highest BCUT2D eigenvalue weighted by Gasteiger charge is 2.16. The first-order chi connectivity index (χ1) is 18.0. The molecule has 0 saturated carbocycles. The lowest BCUT2D eigenvalue weighted by Gasteiger charge is -2.12. The Morgan fingerprint density at radius 1 is 0.946 bits per heavy atom. The predicted octanol–water partition coefficient (Wildman–Crippen LogP) is 5.47. The van der Waals surface area contributed by atoms with E-state index in [2.05, 4.69) is 20.9 Å². The Hall–Kier alpha value is -4.34. The Morgan fingerprint density at radius 3 is 2.51 bits per heavy atom. The molecule has 0 atom stereocenters. The second kappa shape index (κ2) is 12.6. The zero-order chi connectivity index (χ0) is 26.0. The Labute approximate surface area is 222 Å². The van der Waals surface area contributed by atoms with Crippen LogP contribution < -0.4 is 16.0 Å². The highest BCUT2D eigenvalue weighted by molar-refractivity contribution is 8.00. The van der Waals surface area contributed by atoms with Crippen molar-refractivity contribution >= 4 is 58.7 Å². The minimum atomic E-state index is -0.533. The third-order valence-electron chi connectivity index (χ3n) is 4.82. The molecule has 0 aliphatic carbocycles. The number of amides is 3. The normalized spacial score (nSPS) is 11.0. The molecule has 3 amide bonds. The van der Waals surface area contributed by atoms with E-state index < -0.39 is 11.8 Å². The molecule has 2 aromatic heterocycles. The largest absolute Gasteiger partial charge is 0.465 e. The Balaban J connectivity index is 1.40. The van der Waals surface area contributed by atoms with E-state index in [0.29, 0.717) is 27.9 Å². The van der Waals surface area contributed by atoms with Crippen LogP contribution in [0, 0.1) is 0 Å². The maximum atomic E-state index is 13.1. The van der Waals surface area contributed by atoms with Crippen molar-refractivity contribution in [3.05, 3.63) is 113 Å². The van der Waals surface area contributed by atoms with Gasteiger partial charge in [0.1, 0.15) is 17.3 Å². The highest BCUT2D eigenvalue weighted by Crippen LogP contribution is 2.22. The molecule has 8 nitrogen and oxygen atoms in total. The number of halogens is 1. The Kier molecular flexibility index (Phi) is 8.75. The van der Waals surface area contributed by atoms with E-state index >= 15 is 0 Å². The van der Waals surface area contributed by atoms with Crippen molar-refractivity contribution in [3.63, 3.8) is 0 Å².